The average Bonchev–Trinajstić information content (AvgIpc) is 2.95. The number of hydrogen-bond donors (Lipinski definition) is 2. The molecule has 1 heterocycles. The van der Waals surface area contributed by atoms with Crippen molar-refractivity contribution in [1.82, 2.24) is 15.6 Å². The molecule has 2 rings (SSSR count). The van der Waals surface area contributed by atoms with E-state index in [1.54, 1.807) is 13.1 Å². The quantitative estimate of drug-likeness (QED) is 0.599. The molecule has 20 heavy (non-hydrogen) atoms. The summed E-state index contributed by atoms with van der Waals surface area (Å²) in [6, 6.07) is 3.94. The van der Waals surface area contributed by atoms with Crippen molar-refractivity contribution in [3.63, 3.8) is 0 Å². The molecule has 4 nitrogen and oxygen atoms in total. The number of hydrogen-bond acceptors (Lipinski definition) is 3. The fourth-order valence-corrected chi connectivity index (χ4v) is 2.70. The number of carbonyl (C=O) groups excluding carboxylic acids is 1. The number of pyridine rings is 1. The lowest BCUT2D eigenvalue weighted by Crippen LogP contribution is -2.34. The summed E-state index contributed by atoms with van der Waals surface area (Å²) in [6.45, 7) is 4.03. The zero-order chi connectivity index (χ0) is 14.6. The van der Waals surface area contributed by atoms with E-state index in [4.69, 9.17) is 23.2 Å². The molecule has 2 N–H and O–H groups in total. The highest BCUT2D eigenvalue weighted by atomic mass is 35.5. The van der Waals surface area contributed by atoms with Gasteiger partial charge >= 0.3 is 0 Å². The summed E-state index contributed by atoms with van der Waals surface area (Å²) in [7, 11) is 0. The topological polar surface area (TPSA) is 54.0 Å². The van der Waals surface area contributed by atoms with Gasteiger partial charge in [-0.15, -0.1) is 23.2 Å². The van der Waals surface area contributed by atoms with Crippen LogP contribution >= 0.6 is 23.2 Å². The maximum Gasteiger partial charge on any atom is 0.229 e. The molecule has 0 saturated heterocycles. The molecule has 1 aliphatic rings. The minimum Gasteiger partial charge on any atom is -0.355 e. The Morgan fingerprint density at radius 2 is 2.20 bits per heavy atom. The van der Waals surface area contributed by atoms with Crippen LogP contribution in [-0.2, 0) is 11.3 Å². The Morgan fingerprint density at radius 1 is 1.45 bits per heavy atom. The van der Waals surface area contributed by atoms with Crippen molar-refractivity contribution in [2.24, 2.45) is 5.41 Å². The molecule has 1 atom stereocenters. The van der Waals surface area contributed by atoms with Crippen LogP contribution in [0.5, 0.6) is 0 Å². The van der Waals surface area contributed by atoms with Gasteiger partial charge in [-0.05, 0) is 37.9 Å². The Balaban J connectivity index is 1.55. The van der Waals surface area contributed by atoms with E-state index in [1.165, 1.54) is 0 Å². The van der Waals surface area contributed by atoms with E-state index in [9.17, 15) is 4.79 Å². The predicted octanol–water partition coefficient (Wildman–Crippen LogP) is 2.26. The second-order valence-corrected chi connectivity index (χ2v) is 6.84. The summed E-state index contributed by atoms with van der Waals surface area (Å²) in [4.78, 5) is 15.9. The molecule has 1 aromatic rings. The first-order chi connectivity index (χ1) is 9.46. The molecular weight excluding hydrogens is 297 g/mol. The van der Waals surface area contributed by atoms with Gasteiger partial charge in [0.25, 0.3) is 0 Å². The minimum atomic E-state index is -0.893. The largest absolute Gasteiger partial charge is 0.355 e. The van der Waals surface area contributed by atoms with Crippen molar-refractivity contribution in [2.45, 2.75) is 30.6 Å². The molecule has 1 aromatic heterocycles. The molecule has 0 aliphatic heterocycles. The Labute approximate surface area is 129 Å². The van der Waals surface area contributed by atoms with Crippen LogP contribution in [0.4, 0.5) is 0 Å². The summed E-state index contributed by atoms with van der Waals surface area (Å²) >= 11 is 11.9. The van der Waals surface area contributed by atoms with Gasteiger partial charge < -0.3 is 10.6 Å². The van der Waals surface area contributed by atoms with Crippen LogP contribution in [0, 0.1) is 5.41 Å². The van der Waals surface area contributed by atoms with E-state index in [2.05, 4.69) is 15.6 Å². The molecule has 1 fully saturated rings. The van der Waals surface area contributed by atoms with Crippen molar-refractivity contribution in [2.75, 3.05) is 13.1 Å². The van der Waals surface area contributed by atoms with Gasteiger partial charge in [0.2, 0.25) is 5.91 Å². The number of carbonyl (C=O) groups is 1. The Kier molecular flexibility index (Phi) is 4.89. The average molecular weight is 316 g/mol. The van der Waals surface area contributed by atoms with Crippen LogP contribution in [0.2, 0.25) is 0 Å². The zero-order valence-electron chi connectivity index (χ0n) is 11.5. The zero-order valence-corrected chi connectivity index (χ0v) is 13.0. The fourth-order valence-electron chi connectivity index (χ4n) is 1.99. The summed E-state index contributed by atoms with van der Waals surface area (Å²) in [5, 5.41) is 6.18. The summed E-state index contributed by atoms with van der Waals surface area (Å²) < 4.78 is -0.893. The summed E-state index contributed by atoms with van der Waals surface area (Å²) in [5.41, 5.74) is 0.523. The molecule has 0 bridgehead atoms. The van der Waals surface area contributed by atoms with Crippen LogP contribution in [-0.4, -0.2) is 28.3 Å². The number of nitrogens with one attached hydrogen (secondary N) is 2. The lowest BCUT2D eigenvalue weighted by Gasteiger charge is -2.12. The van der Waals surface area contributed by atoms with E-state index < -0.39 is 9.75 Å². The van der Waals surface area contributed by atoms with E-state index >= 15 is 0 Å². The third-order valence-electron chi connectivity index (χ3n) is 3.63. The number of rotatable bonds is 7. The molecule has 110 valence electrons. The first-order valence-corrected chi connectivity index (χ1v) is 7.47. The van der Waals surface area contributed by atoms with Crippen LogP contribution in [0.15, 0.2) is 24.5 Å². The standard InChI is InChI=1S/C14H19Cl2N3O/c1-13(10-14(13,15)16)12(20)19-7-3-6-18-9-11-4-2-5-17-8-11/h2,4-5,8,18H,3,6-7,9-10H2,1H3,(H,19,20). The van der Waals surface area contributed by atoms with E-state index in [0.717, 1.165) is 25.1 Å². The number of amides is 1. The van der Waals surface area contributed by atoms with E-state index in [0.29, 0.717) is 13.0 Å². The van der Waals surface area contributed by atoms with Crippen molar-refractivity contribution < 1.29 is 4.79 Å². The van der Waals surface area contributed by atoms with Gasteiger partial charge in [0.05, 0.1) is 5.41 Å². The fraction of sp³-hybridized carbons (Fsp3) is 0.571. The molecule has 0 radical (unpaired) electrons. The first-order valence-electron chi connectivity index (χ1n) is 6.71. The summed E-state index contributed by atoms with van der Waals surface area (Å²) in [6.07, 6.45) is 4.97. The minimum absolute atomic E-state index is 0.0604. The second-order valence-electron chi connectivity index (χ2n) is 5.36. The van der Waals surface area contributed by atoms with Gasteiger partial charge in [0.15, 0.2) is 0 Å². The highest BCUT2D eigenvalue weighted by Crippen LogP contribution is 2.63. The monoisotopic (exact) mass is 315 g/mol. The SMILES string of the molecule is CC1(C(=O)NCCCNCc2cccnc2)CC1(Cl)Cl. The molecule has 1 amide bonds. The highest BCUT2D eigenvalue weighted by Gasteiger charge is 2.67. The molecule has 6 heteroatoms. The van der Waals surface area contributed by atoms with E-state index in [1.807, 2.05) is 18.3 Å². The maximum atomic E-state index is 11.9. The van der Waals surface area contributed by atoms with Gasteiger partial charge in [-0.2, -0.15) is 0 Å². The molecule has 1 aliphatic carbocycles. The van der Waals surface area contributed by atoms with Crippen LogP contribution in [0.1, 0.15) is 25.3 Å². The highest BCUT2D eigenvalue weighted by molar-refractivity contribution is 6.53. The molecule has 1 unspecified atom stereocenters. The predicted molar refractivity (Wildman–Crippen MR) is 80.7 cm³/mol. The van der Waals surface area contributed by atoms with Crippen molar-refractivity contribution >= 4 is 29.1 Å². The number of alkyl halides is 2. The Morgan fingerprint density at radius 3 is 2.80 bits per heavy atom. The van der Waals surface area contributed by atoms with Crippen molar-refractivity contribution in [3.05, 3.63) is 30.1 Å². The normalized spacial score (nSPS) is 23.4. The molecule has 1 saturated carbocycles. The van der Waals surface area contributed by atoms with Crippen LogP contribution in [0.25, 0.3) is 0 Å². The number of aromatic nitrogens is 1. The van der Waals surface area contributed by atoms with Crippen molar-refractivity contribution in [1.29, 1.82) is 0 Å². The van der Waals surface area contributed by atoms with Gasteiger partial charge in [0.1, 0.15) is 4.33 Å². The lowest BCUT2D eigenvalue weighted by molar-refractivity contribution is -0.125. The third-order valence-corrected chi connectivity index (χ3v) is 4.73. The summed E-state index contributed by atoms with van der Waals surface area (Å²) in [5.74, 6) is -0.0604. The van der Waals surface area contributed by atoms with Crippen molar-refractivity contribution in [3.8, 4) is 0 Å². The van der Waals surface area contributed by atoms with E-state index in [-0.39, 0.29) is 5.91 Å². The lowest BCUT2D eigenvalue weighted by atomic mass is 10.1. The first kappa shape index (κ1) is 15.5. The van der Waals surface area contributed by atoms with Gasteiger partial charge in [0, 0.05) is 25.5 Å². The smallest absolute Gasteiger partial charge is 0.229 e. The van der Waals surface area contributed by atoms with Gasteiger partial charge in [-0.1, -0.05) is 6.07 Å². The van der Waals surface area contributed by atoms with Crippen LogP contribution < -0.4 is 10.6 Å². The Bertz CT molecular complexity index is 467. The van der Waals surface area contributed by atoms with Crippen LogP contribution in [0.3, 0.4) is 0 Å². The molecular formula is C14H19Cl2N3O. The number of halogens is 2. The maximum absolute atomic E-state index is 11.9. The number of nitrogens with zero attached hydrogens (tertiary/aromatic N) is 1. The Hall–Kier alpha value is -0.840. The third kappa shape index (κ3) is 3.62. The molecule has 0 aromatic carbocycles. The van der Waals surface area contributed by atoms with Gasteiger partial charge in [-0.3, -0.25) is 9.78 Å². The molecule has 0 spiro atoms. The second kappa shape index (κ2) is 6.29. The van der Waals surface area contributed by atoms with Gasteiger partial charge in [-0.25, -0.2) is 0 Å².